The van der Waals surface area contributed by atoms with Gasteiger partial charge in [0.1, 0.15) is 29.4 Å². The predicted octanol–water partition coefficient (Wildman–Crippen LogP) is 4.65. The molecule has 152 valence electrons. The highest BCUT2D eigenvalue weighted by molar-refractivity contribution is 5.84. The van der Waals surface area contributed by atoms with E-state index >= 15 is 0 Å². The van der Waals surface area contributed by atoms with Gasteiger partial charge < -0.3 is 15.4 Å². The zero-order valence-electron chi connectivity index (χ0n) is 16.6. The molecule has 0 aliphatic rings. The van der Waals surface area contributed by atoms with Crippen molar-refractivity contribution in [3.63, 3.8) is 0 Å². The van der Waals surface area contributed by atoms with Gasteiger partial charge in [-0.3, -0.25) is 4.79 Å². The van der Waals surface area contributed by atoms with E-state index in [4.69, 9.17) is 10.00 Å². The van der Waals surface area contributed by atoms with Crippen molar-refractivity contribution in [2.24, 2.45) is 0 Å². The number of hydrogen-bond acceptors (Lipinski definition) is 4. The zero-order chi connectivity index (χ0) is 21.3. The van der Waals surface area contributed by atoms with Crippen molar-refractivity contribution in [3.8, 4) is 17.6 Å². The summed E-state index contributed by atoms with van der Waals surface area (Å²) in [7, 11) is 0. The molecule has 30 heavy (non-hydrogen) atoms. The third kappa shape index (κ3) is 5.82. The fourth-order valence-corrected chi connectivity index (χ4v) is 2.84. The molecule has 0 aromatic heterocycles. The number of hydrogen-bond donors (Lipinski definition) is 2. The lowest BCUT2D eigenvalue weighted by atomic mass is 10.1. The molecule has 3 aromatic carbocycles. The first-order valence-electron chi connectivity index (χ1n) is 9.61. The summed E-state index contributed by atoms with van der Waals surface area (Å²) in [6.07, 6.45) is 0.634. The van der Waals surface area contributed by atoms with E-state index in [1.165, 1.54) is 12.1 Å². The monoisotopic (exact) mass is 403 g/mol. The molecule has 3 rings (SSSR count). The van der Waals surface area contributed by atoms with Gasteiger partial charge >= 0.3 is 0 Å². The van der Waals surface area contributed by atoms with Crippen LogP contribution in [0.3, 0.4) is 0 Å². The van der Waals surface area contributed by atoms with Crippen molar-refractivity contribution in [1.82, 2.24) is 5.32 Å². The van der Waals surface area contributed by atoms with E-state index in [0.717, 1.165) is 11.3 Å². The SMILES string of the molecule is CC(Nc1ccc(Oc2ccccc2C#N)cc1)C(=O)NCCc1ccc(F)cc1. The molecule has 5 nitrogen and oxygen atoms in total. The number of rotatable bonds is 8. The van der Waals surface area contributed by atoms with Crippen LogP contribution in [0.15, 0.2) is 72.8 Å². The molecule has 0 saturated heterocycles. The zero-order valence-corrected chi connectivity index (χ0v) is 16.6. The lowest BCUT2D eigenvalue weighted by molar-refractivity contribution is -0.121. The molecule has 0 bridgehead atoms. The Kier molecular flexibility index (Phi) is 7.01. The Morgan fingerprint density at radius 3 is 2.47 bits per heavy atom. The van der Waals surface area contributed by atoms with Gasteiger partial charge in [0, 0.05) is 12.2 Å². The number of halogens is 1. The molecule has 1 atom stereocenters. The number of nitrogens with one attached hydrogen (secondary N) is 2. The van der Waals surface area contributed by atoms with Crippen molar-refractivity contribution in [3.05, 3.63) is 89.7 Å². The van der Waals surface area contributed by atoms with Gasteiger partial charge in [-0.05, 0) is 67.4 Å². The molecule has 0 fully saturated rings. The normalized spacial score (nSPS) is 11.2. The van der Waals surface area contributed by atoms with Gasteiger partial charge in [0.15, 0.2) is 0 Å². The summed E-state index contributed by atoms with van der Waals surface area (Å²) in [5.41, 5.74) is 2.20. The summed E-state index contributed by atoms with van der Waals surface area (Å²) in [6.45, 7) is 2.25. The van der Waals surface area contributed by atoms with Crippen LogP contribution in [0, 0.1) is 17.1 Å². The standard InChI is InChI=1S/C24H22FN3O2/c1-17(24(29)27-15-14-18-6-8-20(25)9-7-18)28-21-10-12-22(13-11-21)30-23-5-3-2-4-19(23)16-26/h2-13,17,28H,14-15H2,1H3,(H,27,29). The van der Waals surface area contributed by atoms with Crippen LogP contribution in [-0.2, 0) is 11.2 Å². The van der Waals surface area contributed by atoms with Crippen molar-refractivity contribution < 1.29 is 13.9 Å². The highest BCUT2D eigenvalue weighted by atomic mass is 19.1. The Balaban J connectivity index is 1.48. The third-order valence-corrected chi connectivity index (χ3v) is 4.49. The van der Waals surface area contributed by atoms with Crippen molar-refractivity contribution in [2.75, 3.05) is 11.9 Å². The second-order valence-corrected chi connectivity index (χ2v) is 6.77. The highest BCUT2D eigenvalue weighted by Crippen LogP contribution is 2.26. The van der Waals surface area contributed by atoms with E-state index in [1.54, 1.807) is 49.4 Å². The number of nitriles is 1. The van der Waals surface area contributed by atoms with Crippen molar-refractivity contribution in [1.29, 1.82) is 5.26 Å². The summed E-state index contributed by atoms with van der Waals surface area (Å²) in [6, 6.07) is 22.1. The van der Waals surface area contributed by atoms with E-state index in [9.17, 15) is 9.18 Å². The van der Waals surface area contributed by atoms with Crippen LogP contribution >= 0.6 is 0 Å². The van der Waals surface area contributed by atoms with Gasteiger partial charge in [0.2, 0.25) is 5.91 Å². The maximum absolute atomic E-state index is 12.9. The number of anilines is 1. The van der Waals surface area contributed by atoms with Gasteiger partial charge in [0.05, 0.1) is 5.56 Å². The van der Waals surface area contributed by atoms with Crippen LogP contribution in [0.4, 0.5) is 10.1 Å². The number of carbonyl (C=O) groups excluding carboxylic acids is 1. The van der Waals surface area contributed by atoms with Crippen LogP contribution in [0.1, 0.15) is 18.1 Å². The maximum Gasteiger partial charge on any atom is 0.242 e. The number of nitrogens with zero attached hydrogens (tertiary/aromatic N) is 1. The molecule has 0 aliphatic heterocycles. The van der Waals surface area contributed by atoms with Gasteiger partial charge in [-0.1, -0.05) is 24.3 Å². The van der Waals surface area contributed by atoms with Gasteiger partial charge in [0.25, 0.3) is 0 Å². The Bertz CT molecular complexity index is 1030. The topological polar surface area (TPSA) is 74.1 Å². The molecule has 0 radical (unpaired) electrons. The minimum atomic E-state index is -0.427. The molecule has 0 spiro atoms. The van der Waals surface area contributed by atoms with Crippen LogP contribution in [-0.4, -0.2) is 18.5 Å². The predicted molar refractivity (Wildman–Crippen MR) is 114 cm³/mol. The van der Waals surface area contributed by atoms with E-state index in [0.29, 0.717) is 30.0 Å². The van der Waals surface area contributed by atoms with E-state index in [2.05, 4.69) is 16.7 Å². The number of para-hydroxylation sites is 1. The van der Waals surface area contributed by atoms with Crippen molar-refractivity contribution >= 4 is 11.6 Å². The average Bonchev–Trinajstić information content (AvgIpc) is 2.76. The quantitative estimate of drug-likeness (QED) is 0.574. The smallest absolute Gasteiger partial charge is 0.242 e. The molecule has 3 aromatic rings. The fourth-order valence-electron chi connectivity index (χ4n) is 2.84. The van der Waals surface area contributed by atoms with E-state index in [-0.39, 0.29) is 11.7 Å². The molecule has 0 saturated carbocycles. The molecule has 0 heterocycles. The summed E-state index contributed by atoms with van der Waals surface area (Å²) >= 11 is 0. The van der Waals surface area contributed by atoms with Crippen LogP contribution < -0.4 is 15.4 Å². The molecule has 0 aliphatic carbocycles. The van der Waals surface area contributed by atoms with E-state index in [1.807, 2.05) is 18.2 Å². The van der Waals surface area contributed by atoms with Crippen molar-refractivity contribution in [2.45, 2.75) is 19.4 Å². The molecule has 1 unspecified atom stereocenters. The van der Waals surface area contributed by atoms with Crippen LogP contribution in [0.25, 0.3) is 0 Å². The van der Waals surface area contributed by atoms with Gasteiger partial charge in [-0.2, -0.15) is 5.26 Å². The van der Waals surface area contributed by atoms with Crippen LogP contribution in [0.2, 0.25) is 0 Å². The number of carbonyl (C=O) groups is 1. The third-order valence-electron chi connectivity index (χ3n) is 4.49. The van der Waals surface area contributed by atoms with E-state index < -0.39 is 6.04 Å². The summed E-state index contributed by atoms with van der Waals surface area (Å²) in [5.74, 6) is 0.695. The van der Waals surface area contributed by atoms with Gasteiger partial charge in [-0.15, -0.1) is 0 Å². The fraction of sp³-hybridized carbons (Fsp3) is 0.167. The first-order chi connectivity index (χ1) is 14.5. The molecule has 2 N–H and O–H groups in total. The Hall–Kier alpha value is -3.85. The van der Waals surface area contributed by atoms with Gasteiger partial charge in [-0.25, -0.2) is 4.39 Å². The summed E-state index contributed by atoms with van der Waals surface area (Å²) < 4.78 is 18.7. The summed E-state index contributed by atoms with van der Waals surface area (Å²) in [4.78, 5) is 12.3. The molecular formula is C24H22FN3O2. The Morgan fingerprint density at radius 2 is 1.77 bits per heavy atom. The molecular weight excluding hydrogens is 381 g/mol. The number of amides is 1. The Labute approximate surface area is 175 Å². The average molecular weight is 403 g/mol. The molecule has 1 amide bonds. The first-order valence-corrected chi connectivity index (χ1v) is 9.61. The Morgan fingerprint density at radius 1 is 1.07 bits per heavy atom. The lowest BCUT2D eigenvalue weighted by Gasteiger charge is -2.16. The second-order valence-electron chi connectivity index (χ2n) is 6.77. The molecule has 6 heteroatoms. The highest BCUT2D eigenvalue weighted by Gasteiger charge is 2.12. The maximum atomic E-state index is 12.9. The first kappa shape index (κ1) is 20.9. The second kappa shape index (κ2) is 10.1. The minimum absolute atomic E-state index is 0.125. The number of benzene rings is 3. The number of ether oxygens (including phenoxy) is 1. The minimum Gasteiger partial charge on any atom is -0.456 e. The largest absolute Gasteiger partial charge is 0.456 e. The lowest BCUT2D eigenvalue weighted by Crippen LogP contribution is -2.38. The van der Waals surface area contributed by atoms with Crippen LogP contribution in [0.5, 0.6) is 11.5 Å². The summed E-state index contributed by atoms with van der Waals surface area (Å²) in [5, 5.41) is 15.1.